The third-order valence-corrected chi connectivity index (χ3v) is 3.41. The van der Waals surface area contributed by atoms with E-state index in [1.54, 1.807) is 0 Å². The maximum absolute atomic E-state index is 5.83. The lowest BCUT2D eigenvalue weighted by atomic mass is 9.95. The number of hydrogen-bond acceptors (Lipinski definition) is 3. The summed E-state index contributed by atoms with van der Waals surface area (Å²) in [6, 6.07) is 1.27. The first kappa shape index (κ1) is 9.44. The molecule has 13 heavy (non-hydrogen) atoms. The van der Waals surface area contributed by atoms with Crippen molar-refractivity contribution in [2.45, 2.75) is 37.8 Å². The second-order valence-electron chi connectivity index (χ2n) is 4.25. The van der Waals surface area contributed by atoms with Crippen molar-refractivity contribution in [2.24, 2.45) is 5.73 Å². The number of rotatable bonds is 3. The highest BCUT2D eigenvalue weighted by molar-refractivity contribution is 4.90. The quantitative estimate of drug-likeness (QED) is 0.655. The van der Waals surface area contributed by atoms with Crippen molar-refractivity contribution >= 4 is 0 Å². The van der Waals surface area contributed by atoms with Crippen LogP contribution >= 0.6 is 0 Å². The third-order valence-electron chi connectivity index (χ3n) is 3.41. The lowest BCUT2D eigenvalue weighted by Crippen LogP contribution is -2.59. The fourth-order valence-electron chi connectivity index (χ4n) is 2.45. The van der Waals surface area contributed by atoms with E-state index in [1.807, 2.05) is 0 Å². The molecule has 0 bridgehead atoms. The molecule has 76 valence electrons. The molecule has 0 aromatic rings. The van der Waals surface area contributed by atoms with Gasteiger partial charge in [0.15, 0.2) is 0 Å². The summed E-state index contributed by atoms with van der Waals surface area (Å²) in [5, 5.41) is 3.60. The molecule has 3 heteroatoms. The molecule has 0 aromatic carbocycles. The first-order chi connectivity index (χ1) is 6.42. The average Bonchev–Trinajstić information content (AvgIpc) is 2.12. The van der Waals surface area contributed by atoms with Crippen LogP contribution in [0.3, 0.4) is 0 Å². The Balaban J connectivity index is 1.86. The molecule has 2 rings (SSSR count). The molecule has 2 atom stereocenters. The largest absolute Gasteiger partial charge is 0.329 e. The summed E-state index contributed by atoms with van der Waals surface area (Å²) in [4.78, 5) is 2.53. The van der Waals surface area contributed by atoms with Gasteiger partial charge in [-0.3, -0.25) is 4.90 Å². The Hall–Kier alpha value is -0.120. The normalized spacial score (nSPS) is 32.5. The zero-order chi connectivity index (χ0) is 9.10. The van der Waals surface area contributed by atoms with Gasteiger partial charge in [-0.05, 0) is 38.9 Å². The number of hydrogen-bond donors (Lipinski definition) is 2. The number of nitrogens with zero attached hydrogens (tertiary/aromatic N) is 1. The van der Waals surface area contributed by atoms with Gasteiger partial charge in [0.1, 0.15) is 0 Å². The van der Waals surface area contributed by atoms with E-state index in [-0.39, 0.29) is 0 Å². The summed E-state index contributed by atoms with van der Waals surface area (Å²) in [6.45, 7) is 4.53. The Morgan fingerprint density at radius 3 is 2.62 bits per heavy atom. The van der Waals surface area contributed by atoms with Gasteiger partial charge in [-0.2, -0.15) is 0 Å². The van der Waals surface area contributed by atoms with Crippen LogP contribution in [0.1, 0.15) is 25.7 Å². The van der Waals surface area contributed by atoms with E-state index < -0.39 is 0 Å². The Bertz CT molecular complexity index is 150. The van der Waals surface area contributed by atoms with Crippen LogP contribution in [0, 0.1) is 0 Å². The summed E-state index contributed by atoms with van der Waals surface area (Å²) < 4.78 is 0. The van der Waals surface area contributed by atoms with Gasteiger partial charge in [0.2, 0.25) is 0 Å². The summed E-state index contributed by atoms with van der Waals surface area (Å²) >= 11 is 0. The highest BCUT2D eigenvalue weighted by Crippen LogP contribution is 2.18. The minimum absolute atomic E-state index is 0.606. The van der Waals surface area contributed by atoms with Gasteiger partial charge in [0.05, 0.1) is 0 Å². The standard InChI is InChI=1S/C10H21N3/c11-8-10(13-6-3-7-13)9-4-1-2-5-12-9/h9-10,12H,1-8,11H2. The second kappa shape index (κ2) is 4.40. The predicted molar refractivity (Wildman–Crippen MR) is 54.7 cm³/mol. The van der Waals surface area contributed by atoms with Crippen LogP contribution in [0.15, 0.2) is 0 Å². The van der Waals surface area contributed by atoms with E-state index in [2.05, 4.69) is 10.2 Å². The van der Waals surface area contributed by atoms with Crippen molar-refractivity contribution in [3.05, 3.63) is 0 Å². The van der Waals surface area contributed by atoms with Crippen molar-refractivity contribution < 1.29 is 0 Å². The van der Waals surface area contributed by atoms with Crippen molar-refractivity contribution in [1.82, 2.24) is 10.2 Å². The van der Waals surface area contributed by atoms with E-state index in [4.69, 9.17) is 5.73 Å². The molecule has 2 aliphatic rings. The molecule has 0 spiro atoms. The Labute approximate surface area is 80.7 Å². The lowest BCUT2D eigenvalue weighted by Gasteiger charge is -2.43. The van der Waals surface area contributed by atoms with Crippen LogP contribution in [-0.4, -0.2) is 43.2 Å². The SMILES string of the molecule is NCC(C1CCCCN1)N1CCC1. The van der Waals surface area contributed by atoms with E-state index in [0.717, 1.165) is 6.54 Å². The molecule has 0 amide bonds. The summed E-state index contributed by atoms with van der Waals surface area (Å²) in [6.07, 6.45) is 5.40. The zero-order valence-corrected chi connectivity index (χ0v) is 8.34. The highest BCUT2D eigenvalue weighted by atomic mass is 15.2. The molecule has 2 saturated heterocycles. The van der Waals surface area contributed by atoms with E-state index in [9.17, 15) is 0 Å². The molecular formula is C10H21N3. The molecule has 3 N–H and O–H groups in total. The van der Waals surface area contributed by atoms with Gasteiger partial charge < -0.3 is 11.1 Å². The van der Waals surface area contributed by atoms with Gasteiger partial charge in [-0.25, -0.2) is 0 Å². The van der Waals surface area contributed by atoms with Crippen LogP contribution in [0.2, 0.25) is 0 Å². The zero-order valence-electron chi connectivity index (χ0n) is 8.34. The number of nitrogens with one attached hydrogen (secondary N) is 1. The molecule has 0 saturated carbocycles. The Morgan fingerprint density at radius 2 is 2.15 bits per heavy atom. The first-order valence-corrected chi connectivity index (χ1v) is 5.59. The monoisotopic (exact) mass is 183 g/mol. The molecule has 2 aliphatic heterocycles. The molecule has 0 radical (unpaired) electrons. The molecular weight excluding hydrogens is 162 g/mol. The van der Waals surface area contributed by atoms with Crippen LogP contribution < -0.4 is 11.1 Å². The maximum Gasteiger partial charge on any atom is 0.0371 e. The molecule has 0 aromatic heterocycles. The lowest BCUT2D eigenvalue weighted by molar-refractivity contribution is 0.0864. The van der Waals surface area contributed by atoms with Gasteiger partial charge >= 0.3 is 0 Å². The van der Waals surface area contributed by atoms with Gasteiger partial charge in [0.25, 0.3) is 0 Å². The first-order valence-electron chi connectivity index (χ1n) is 5.59. The smallest absolute Gasteiger partial charge is 0.0371 e. The molecule has 2 unspecified atom stereocenters. The topological polar surface area (TPSA) is 41.3 Å². The molecule has 0 aliphatic carbocycles. The van der Waals surface area contributed by atoms with Gasteiger partial charge in [0, 0.05) is 18.6 Å². The highest BCUT2D eigenvalue weighted by Gasteiger charge is 2.30. The minimum atomic E-state index is 0.606. The van der Waals surface area contributed by atoms with Crippen molar-refractivity contribution in [3.63, 3.8) is 0 Å². The summed E-state index contributed by atoms with van der Waals surface area (Å²) in [5.41, 5.74) is 5.83. The number of nitrogens with two attached hydrogens (primary N) is 1. The van der Waals surface area contributed by atoms with Gasteiger partial charge in [-0.15, -0.1) is 0 Å². The van der Waals surface area contributed by atoms with Crippen LogP contribution in [0.5, 0.6) is 0 Å². The number of piperidine rings is 1. The second-order valence-corrected chi connectivity index (χ2v) is 4.25. The van der Waals surface area contributed by atoms with E-state index in [1.165, 1.54) is 45.3 Å². The molecule has 2 fully saturated rings. The van der Waals surface area contributed by atoms with Gasteiger partial charge in [-0.1, -0.05) is 6.42 Å². The number of likely N-dealkylation sites (tertiary alicyclic amines) is 1. The Kier molecular flexibility index (Phi) is 3.19. The fraction of sp³-hybridized carbons (Fsp3) is 1.00. The maximum atomic E-state index is 5.83. The van der Waals surface area contributed by atoms with Crippen LogP contribution in [-0.2, 0) is 0 Å². The molecule has 2 heterocycles. The van der Waals surface area contributed by atoms with Crippen molar-refractivity contribution in [1.29, 1.82) is 0 Å². The van der Waals surface area contributed by atoms with Crippen molar-refractivity contribution in [3.8, 4) is 0 Å². The predicted octanol–water partition coefficient (Wildman–Crippen LogP) is 0.162. The average molecular weight is 183 g/mol. The minimum Gasteiger partial charge on any atom is -0.329 e. The summed E-state index contributed by atoms with van der Waals surface area (Å²) in [7, 11) is 0. The fourth-order valence-corrected chi connectivity index (χ4v) is 2.45. The molecule has 3 nitrogen and oxygen atoms in total. The van der Waals surface area contributed by atoms with Crippen LogP contribution in [0.25, 0.3) is 0 Å². The van der Waals surface area contributed by atoms with Crippen molar-refractivity contribution in [2.75, 3.05) is 26.2 Å². The third kappa shape index (κ3) is 2.03. The van der Waals surface area contributed by atoms with Crippen LogP contribution in [0.4, 0.5) is 0 Å². The van der Waals surface area contributed by atoms with E-state index in [0.29, 0.717) is 12.1 Å². The Morgan fingerprint density at radius 1 is 1.31 bits per heavy atom. The summed E-state index contributed by atoms with van der Waals surface area (Å²) in [5.74, 6) is 0. The van der Waals surface area contributed by atoms with E-state index >= 15 is 0 Å².